The lowest BCUT2D eigenvalue weighted by molar-refractivity contribution is -0.143. The average molecular weight is 344 g/mol. The lowest BCUT2D eigenvalue weighted by Crippen LogP contribution is -2.42. The predicted octanol–water partition coefficient (Wildman–Crippen LogP) is 2.62. The van der Waals surface area contributed by atoms with E-state index in [1.807, 2.05) is 0 Å². The third-order valence-electron chi connectivity index (χ3n) is 5.88. The minimum absolute atomic E-state index is 0.174. The van der Waals surface area contributed by atoms with Crippen LogP contribution in [-0.4, -0.2) is 34.9 Å². The van der Waals surface area contributed by atoms with Crippen molar-refractivity contribution in [2.75, 3.05) is 0 Å². The van der Waals surface area contributed by atoms with Gasteiger partial charge in [0.15, 0.2) is 0 Å². The zero-order valence-corrected chi connectivity index (χ0v) is 14.7. The van der Waals surface area contributed by atoms with E-state index in [9.17, 15) is 14.7 Å². The van der Waals surface area contributed by atoms with Gasteiger partial charge in [0.1, 0.15) is 12.2 Å². The van der Waals surface area contributed by atoms with Crippen LogP contribution in [0.25, 0.3) is 0 Å². The fraction of sp³-hybridized carbons (Fsp3) is 0.500. The fourth-order valence-electron chi connectivity index (χ4n) is 4.17. The minimum atomic E-state index is -1.30. The van der Waals surface area contributed by atoms with Crippen molar-refractivity contribution in [2.45, 2.75) is 50.9 Å². The van der Waals surface area contributed by atoms with Gasteiger partial charge in [0.2, 0.25) is 0 Å². The molecule has 1 aliphatic heterocycles. The molecule has 5 nitrogen and oxygen atoms in total. The summed E-state index contributed by atoms with van der Waals surface area (Å²) in [7, 11) is 0. The van der Waals surface area contributed by atoms with Crippen molar-refractivity contribution in [2.24, 2.45) is 11.8 Å². The standard InChI is InChI=1S/C20H24O5/c1-6-10(2)18(21)24-15-9-20(23)11(3)7-8-14-12(4)19(22)25-17(14)16(20)13(15)5/h6,14-17,23H,3-5,7-9H2,1-2H3. The summed E-state index contributed by atoms with van der Waals surface area (Å²) >= 11 is 0. The monoisotopic (exact) mass is 344 g/mol. The van der Waals surface area contributed by atoms with Crippen molar-refractivity contribution in [3.05, 3.63) is 48.1 Å². The van der Waals surface area contributed by atoms with Crippen molar-refractivity contribution in [1.29, 1.82) is 0 Å². The van der Waals surface area contributed by atoms with Crippen LogP contribution < -0.4 is 0 Å². The van der Waals surface area contributed by atoms with E-state index in [1.54, 1.807) is 19.9 Å². The van der Waals surface area contributed by atoms with Gasteiger partial charge < -0.3 is 14.6 Å². The molecule has 0 aromatic rings. The van der Waals surface area contributed by atoms with Crippen LogP contribution in [-0.2, 0) is 19.1 Å². The summed E-state index contributed by atoms with van der Waals surface area (Å²) in [6.07, 6.45) is 1.90. The molecular weight excluding hydrogens is 320 g/mol. The number of allylic oxidation sites excluding steroid dienone is 1. The van der Waals surface area contributed by atoms with Crippen LogP contribution >= 0.6 is 0 Å². The molecule has 1 N–H and O–H groups in total. The normalized spacial score (nSPS) is 38.1. The molecule has 5 heteroatoms. The van der Waals surface area contributed by atoms with Gasteiger partial charge in [0.25, 0.3) is 0 Å². The third kappa shape index (κ3) is 2.58. The lowest BCUT2D eigenvalue weighted by atomic mass is 9.78. The molecule has 5 unspecified atom stereocenters. The van der Waals surface area contributed by atoms with Gasteiger partial charge in [-0.15, -0.1) is 0 Å². The summed E-state index contributed by atoms with van der Waals surface area (Å²) in [6, 6.07) is 0. The summed E-state index contributed by atoms with van der Waals surface area (Å²) in [5.41, 5.74) is 0.860. The largest absolute Gasteiger partial charge is 0.458 e. The highest BCUT2D eigenvalue weighted by atomic mass is 16.6. The number of carbonyl (C=O) groups is 2. The number of rotatable bonds is 2. The summed E-state index contributed by atoms with van der Waals surface area (Å²) in [4.78, 5) is 24.1. The van der Waals surface area contributed by atoms with E-state index < -0.39 is 35.7 Å². The Labute approximate surface area is 147 Å². The Balaban J connectivity index is 1.94. The van der Waals surface area contributed by atoms with E-state index >= 15 is 0 Å². The average Bonchev–Trinajstić information content (AvgIpc) is 2.94. The molecule has 3 rings (SSSR count). The summed E-state index contributed by atoms with van der Waals surface area (Å²) in [5, 5.41) is 11.3. The van der Waals surface area contributed by atoms with E-state index in [0.717, 1.165) is 0 Å². The molecule has 134 valence electrons. The summed E-state index contributed by atoms with van der Waals surface area (Å²) < 4.78 is 11.1. The highest BCUT2D eigenvalue weighted by molar-refractivity contribution is 5.91. The molecule has 5 atom stereocenters. The Morgan fingerprint density at radius 3 is 2.72 bits per heavy atom. The number of hydrogen-bond donors (Lipinski definition) is 1. The van der Waals surface area contributed by atoms with Crippen LogP contribution in [0.5, 0.6) is 0 Å². The molecule has 3 aliphatic rings. The van der Waals surface area contributed by atoms with Crippen LogP contribution in [0.4, 0.5) is 0 Å². The quantitative estimate of drug-likeness (QED) is 0.474. The Kier molecular flexibility index (Phi) is 4.23. The van der Waals surface area contributed by atoms with Crippen molar-refractivity contribution < 1.29 is 24.2 Å². The second kappa shape index (κ2) is 5.99. The lowest BCUT2D eigenvalue weighted by Gasteiger charge is -2.33. The SMILES string of the molecule is C=C1C(=O)OC2C1CCC(=C)C1(O)CC(OC(=O)C(C)=CC)C(=C)C21. The van der Waals surface area contributed by atoms with Crippen molar-refractivity contribution in [1.82, 2.24) is 0 Å². The summed E-state index contributed by atoms with van der Waals surface area (Å²) in [5.74, 6) is -1.59. The maximum atomic E-state index is 12.1. The first-order chi connectivity index (χ1) is 11.7. The summed E-state index contributed by atoms with van der Waals surface area (Å²) in [6.45, 7) is 15.4. The first kappa shape index (κ1) is 17.7. The molecule has 1 heterocycles. The molecule has 2 aliphatic carbocycles. The Morgan fingerprint density at radius 1 is 1.40 bits per heavy atom. The zero-order chi connectivity index (χ0) is 18.5. The van der Waals surface area contributed by atoms with Crippen molar-refractivity contribution in [3.8, 4) is 0 Å². The van der Waals surface area contributed by atoms with Crippen LogP contribution in [0.1, 0.15) is 33.1 Å². The maximum Gasteiger partial charge on any atom is 0.334 e. The van der Waals surface area contributed by atoms with Crippen molar-refractivity contribution >= 4 is 11.9 Å². The van der Waals surface area contributed by atoms with E-state index in [-0.39, 0.29) is 12.3 Å². The van der Waals surface area contributed by atoms with E-state index in [0.29, 0.717) is 35.1 Å². The molecule has 0 bridgehead atoms. The first-order valence-electron chi connectivity index (χ1n) is 8.53. The number of fused-ring (bicyclic) bond motifs is 3. The molecule has 3 fully saturated rings. The molecule has 0 aromatic heterocycles. The van der Waals surface area contributed by atoms with E-state index in [1.165, 1.54) is 0 Å². The molecule has 2 saturated carbocycles. The number of ether oxygens (including phenoxy) is 2. The number of hydrogen-bond acceptors (Lipinski definition) is 5. The van der Waals surface area contributed by atoms with Gasteiger partial charge in [-0.3, -0.25) is 0 Å². The molecular formula is C20H24O5. The fourth-order valence-corrected chi connectivity index (χ4v) is 4.17. The Morgan fingerprint density at radius 2 is 2.08 bits per heavy atom. The van der Waals surface area contributed by atoms with E-state index in [2.05, 4.69) is 19.7 Å². The molecule has 0 aromatic carbocycles. The van der Waals surface area contributed by atoms with Gasteiger partial charge in [-0.2, -0.15) is 0 Å². The number of esters is 2. The second-order valence-corrected chi connectivity index (χ2v) is 7.19. The van der Waals surface area contributed by atoms with Gasteiger partial charge in [0.05, 0.1) is 11.5 Å². The molecule has 0 amide bonds. The van der Waals surface area contributed by atoms with Gasteiger partial charge in [0, 0.05) is 23.5 Å². The maximum absolute atomic E-state index is 12.1. The number of carbonyl (C=O) groups excluding carboxylic acids is 2. The first-order valence-corrected chi connectivity index (χ1v) is 8.53. The zero-order valence-electron chi connectivity index (χ0n) is 14.7. The molecule has 0 spiro atoms. The minimum Gasteiger partial charge on any atom is -0.458 e. The third-order valence-corrected chi connectivity index (χ3v) is 5.88. The van der Waals surface area contributed by atoms with Crippen LogP contribution in [0.2, 0.25) is 0 Å². The highest BCUT2D eigenvalue weighted by Crippen LogP contribution is 2.54. The highest BCUT2D eigenvalue weighted by Gasteiger charge is 2.60. The predicted molar refractivity (Wildman–Crippen MR) is 92.4 cm³/mol. The van der Waals surface area contributed by atoms with Gasteiger partial charge in [-0.1, -0.05) is 25.8 Å². The topological polar surface area (TPSA) is 72.8 Å². The van der Waals surface area contributed by atoms with Gasteiger partial charge in [-0.25, -0.2) is 9.59 Å². The Hall–Kier alpha value is -2.14. The van der Waals surface area contributed by atoms with Crippen LogP contribution in [0.15, 0.2) is 48.1 Å². The van der Waals surface area contributed by atoms with Crippen molar-refractivity contribution in [3.63, 3.8) is 0 Å². The van der Waals surface area contributed by atoms with Crippen LogP contribution in [0, 0.1) is 11.8 Å². The smallest absolute Gasteiger partial charge is 0.334 e. The van der Waals surface area contributed by atoms with Gasteiger partial charge in [-0.05, 0) is 37.8 Å². The van der Waals surface area contributed by atoms with E-state index in [4.69, 9.17) is 9.47 Å². The Bertz CT molecular complexity index is 716. The van der Waals surface area contributed by atoms with Crippen LogP contribution in [0.3, 0.4) is 0 Å². The molecule has 1 saturated heterocycles. The van der Waals surface area contributed by atoms with Gasteiger partial charge >= 0.3 is 11.9 Å². The molecule has 0 radical (unpaired) electrons. The second-order valence-electron chi connectivity index (χ2n) is 7.19. The molecule has 25 heavy (non-hydrogen) atoms. The number of aliphatic hydroxyl groups is 1.